The maximum absolute atomic E-state index is 13.5. The lowest BCUT2D eigenvalue weighted by atomic mass is 10.1. The van der Waals surface area contributed by atoms with Crippen molar-refractivity contribution in [3.05, 3.63) is 57.6 Å². The Balaban J connectivity index is 2.55. The molecule has 21 heavy (non-hydrogen) atoms. The Morgan fingerprint density at radius 2 is 2.33 bits per heavy atom. The van der Waals surface area contributed by atoms with Gasteiger partial charge in [-0.15, -0.1) is 0 Å². The van der Waals surface area contributed by atoms with Crippen LogP contribution >= 0.6 is 0 Å². The van der Waals surface area contributed by atoms with Gasteiger partial charge in [0.15, 0.2) is 0 Å². The lowest BCUT2D eigenvalue weighted by Crippen LogP contribution is -2.30. The van der Waals surface area contributed by atoms with Gasteiger partial charge in [0.25, 0.3) is 5.56 Å². The van der Waals surface area contributed by atoms with E-state index in [2.05, 4.69) is 9.98 Å². The molecule has 0 N–H and O–H groups in total. The van der Waals surface area contributed by atoms with Gasteiger partial charge in [0, 0.05) is 13.5 Å². The molecule has 1 aliphatic rings. The summed E-state index contributed by atoms with van der Waals surface area (Å²) >= 11 is 0. The molecule has 1 aromatic heterocycles. The molecular formula is C16H18FN3O. The Labute approximate surface area is 123 Å². The Morgan fingerprint density at radius 1 is 1.57 bits per heavy atom. The van der Waals surface area contributed by atoms with Gasteiger partial charge in [0.2, 0.25) is 0 Å². The van der Waals surface area contributed by atoms with Crippen molar-refractivity contribution in [3.8, 4) is 0 Å². The van der Waals surface area contributed by atoms with Gasteiger partial charge >= 0.3 is 0 Å². The standard InChI is InChI=1S/C16H18FN3O/c1-4-6-13(18-3)10-20-11(2)19-15-8-5-7-12(17)9-14(15)16(20)21/h4-7,9H,8,10H2,1-3H3/b6-4-,18-13+. The molecule has 0 atom stereocenters. The number of halogens is 1. The van der Waals surface area contributed by atoms with Crippen molar-refractivity contribution in [1.82, 2.24) is 9.55 Å². The lowest BCUT2D eigenvalue weighted by Gasteiger charge is -2.12. The molecule has 0 aromatic carbocycles. The minimum Gasteiger partial charge on any atom is -0.291 e. The molecule has 1 heterocycles. The summed E-state index contributed by atoms with van der Waals surface area (Å²) in [7, 11) is 1.68. The minimum absolute atomic E-state index is 0.234. The second-order valence-electron chi connectivity index (χ2n) is 4.76. The highest BCUT2D eigenvalue weighted by Gasteiger charge is 2.15. The summed E-state index contributed by atoms with van der Waals surface area (Å²) in [6.07, 6.45) is 8.45. The van der Waals surface area contributed by atoms with Gasteiger partial charge in [-0.3, -0.25) is 14.4 Å². The molecule has 0 aliphatic heterocycles. The van der Waals surface area contributed by atoms with Crippen LogP contribution in [0.1, 0.15) is 24.0 Å². The highest BCUT2D eigenvalue weighted by molar-refractivity contribution is 5.94. The third-order valence-corrected chi connectivity index (χ3v) is 3.31. The molecule has 0 saturated heterocycles. The average molecular weight is 287 g/mol. The zero-order chi connectivity index (χ0) is 15.4. The van der Waals surface area contributed by atoms with Crippen LogP contribution in [0.25, 0.3) is 6.08 Å². The monoisotopic (exact) mass is 287 g/mol. The number of aryl methyl sites for hydroxylation is 1. The van der Waals surface area contributed by atoms with Crippen molar-refractivity contribution in [3.63, 3.8) is 0 Å². The SMILES string of the molecule is C/C=C\C(Cn1c(C)nc2c(c1=O)C=C(F)C=CC2)=N/C. The number of allylic oxidation sites excluding steroid dienone is 5. The number of hydrogen-bond donors (Lipinski definition) is 0. The van der Waals surface area contributed by atoms with Crippen molar-refractivity contribution in [1.29, 1.82) is 0 Å². The summed E-state index contributed by atoms with van der Waals surface area (Å²) < 4.78 is 15.1. The molecule has 110 valence electrons. The van der Waals surface area contributed by atoms with Crippen molar-refractivity contribution in [2.45, 2.75) is 26.8 Å². The fourth-order valence-electron chi connectivity index (χ4n) is 2.24. The Hall–Kier alpha value is -2.30. The molecule has 4 nitrogen and oxygen atoms in total. The summed E-state index contributed by atoms with van der Waals surface area (Å²) in [5, 5.41) is 0. The molecule has 1 aliphatic carbocycles. The summed E-state index contributed by atoms with van der Waals surface area (Å²) in [5.41, 5.74) is 1.46. The number of aromatic nitrogens is 2. The first kappa shape index (κ1) is 15.1. The van der Waals surface area contributed by atoms with Crippen LogP contribution in [0, 0.1) is 6.92 Å². The fraction of sp³-hybridized carbons (Fsp3) is 0.312. The maximum Gasteiger partial charge on any atom is 0.261 e. The zero-order valence-corrected chi connectivity index (χ0v) is 12.4. The average Bonchev–Trinajstić information content (AvgIpc) is 2.64. The summed E-state index contributed by atoms with van der Waals surface area (Å²) in [5.74, 6) is 0.175. The first-order chi connectivity index (χ1) is 10.1. The second-order valence-corrected chi connectivity index (χ2v) is 4.76. The molecule has 0 bridgehead atoms. The molecular weight excluding hydrogens is 269 g/mol. The molecule has 0 unspecified atom stereocenters. The summed E-state index contributed by atoms with van der Waals surface area (Å²) in [6, 6.07) is 0. The van der Waals surface area contributed by atoms with Crippen molar-refractivity contribution in [2.24, 2.45) is 4.99 Å². The van der Waals surface area contributed by atoms with Crippen molar-refractivity contribution < 1.29 is 4.39 Å². The van der Waals surface area contributed by atoms with E-state index >= 15 is 0 Å². The van der Waals surface area contributed by atoms with Crippen LogP contribution in [0.3, 0.4) is 0 Å². The van der Waals surface area contributed by atoms with E-state index in [1.807, 2.05) is 19.1 Å². The van der Waals surface area contributed by atoms with Crippen LogP contribution in [0.2, 0.25) is 0 Å². The smallest absolute Gasteiger partial charge is 0.261 e. The van der Waals surface area contributed by atoms with Gasteiger partial charge in [-0.05, 0) is 32.1 Å². The molecule has 0 fully saturated rings. The predicted molar refractivity (Wildman–Crippen MR) is 83.3 cm³/mol. The molecule has 1 aromatic rings. The number of rotatable bonds is 3. The van der Waals surface area contributed by atoms with Crippen molar-refractivity contribution >= 4 is 11.8 Å². The molecule has 0 amide bonds. The van der Waals surface area contributed by atoms with Crippen LogP contribution in [0.15, 0.2) is 39.9 Å². The van der Waals surface area contributed by atoms with Crippen LogP contribution < -0.4 is 5.56 Å². The van der Waals surface area contributed by atoms with E-state index in [1.54, 1.807) is 20.0 Å². The zero-order valence-electron chi connectivity index (χ0n) is 12.4. The Bertz CT molecular complexity index is 724. The number of fused-ring (bicyclic) bond motifs is 1. The predicted octanol–water partition coefficient (Wildman–Crippen LogP) is 2.62. The third kappa shape index (κ3) is 3.24. The first-order valence-electron chi connectivity index (χ1n) is 6.79. The molecule has 2 rings (SSSR count). The van der Waals surface area contributed by atoms with Crippen molar-refractivity contribution in [2.75, 3.05) is 7.05 Å². The van der Waals surface area contributed by atoms with Gasteiger partial charge in [-0.1, -0.05) is 12.2 Å². The number of aliphatic imine (C=N–C) groups is 1. The molecule has 0 radical (unpaired) electrons. The van der Waals surface area contributed by atoms with Crippen LogP contribution in [0.4, 0.5) is 4.39 Å². The van der Waals surface area contributed by atoms with Gasteiger partial charge < -0.3 is 0 Å². The number of hydrogen-bond acceptors (Lipinski definition) is 3. The normalized spacial score (nSPS) is 15.0. The van der Waals surface area contributed by atoms with E-state index in [0.717, 1.165) is 5.71 Å². The molecule has 5 heteroatoms. The molecule has 0 saturated carbocycles. The third-order valence-electron chi connectivity index (χ3n) is 3.31. The summed E-state index contributed by atoms with van der Waals surface area (Å²) in [6.45, 7) is 3.99. The van der Waals surface area contributed by atoms with Gasteiger partial charge in [-0.2, -0.15) is 0 Å². The van der Waals surface area contributed by atoms with E-state index in [1.165, 1.54) is 16.7 Å². The lowest BCUT2D eigenvalue weighted by molar-refractivity contribution is 0.673. The van der Waals surface area contributed by atoms with Crippen LogP contribution in [-0.2, 0) is 13.0 Å². The van der Waals surface area contributed by atoms with E-state index in [4.69, 9.17) is 0 Å². The van der Waals surface area contributed by atoms with E-state index in [-0.39, 0.29) is 5.56 Å². The topological polar surface area (TPSA) is 47.2 Å². The summed E-state index contributed by atoms with van der Waals surface area (Å²) in [4.78, 5) is 21.2. The quantitative estimate of drug-likeness (QED) is 0.802. The fourth-order valence-corrected chi connectivity index (χ4v) is 2.24. The van der Waals surface area contributed by atoms with Gasteiger partial charge in [0.1, 0.15) is 11.7 Å². The van der Waals surface area contributed by atoms with Crippen LogP contribution in [-0.4, -0.2) is 22.3 Å². The van der Waals surface area contributed by atoms with E-state index in [9.17, 15) is 9.18 Å². The van der Waals surface area contributed by atoms with E-state index < -0.39 is 5.83 Å². The van der Waals surface area contributed by atoms with E-state index in [0.29, 0.717) is 30.0 Å². The number of nitrogens with zero attached hydrogens (tertiary/aromatic N) is 3. The maximum atomic E-state index is 13.5. The highest BCUT2D eigenvalue weighted by atomic mass is 19.1. The highest BCUT2D eigenvalue weighted by Crippen LogP contribution is 2.15. The van der Waals surface area contributed by atoms with Gasteiger partial charge in [0.05, 0.1) is 23.5 Å². The first-order valence-corrected chi connectivity index (χ1v) is 6.79. The largest absolute Gasteiger partial charge is 0.291 e. The minimum atomic E-state index is -0.430. The molecule has 0 spiro atoms. The van der Waals surface area contributed by atoms with Gasteiger partial charge in [-0.25, -0.2) is 9.37 Å². The second kappa shape index (κ2) is 6.43. The van der Waals surface area contributed by atoms with Crippen LogP contribution in [0.5, 0.6) is 0 Å². The Morgan fingerprint density at radius 3 is 3.00 bits per heavy atom. The Kier molecular flexibility index (Phi) is 4.62.